The molecule has 294 valence electrons. The van der Waals surface area contributed by atoms with Crippen LogP contribution in [-0.4, -0.2) is 51.3 Å². The summed E-state index contributed by atoms with van der Waals surface area (Å²) in [4.78, 5) is 14.4. The molecular weight excluding hydrogens is 713 g/mol. The fourth-order valence-electron chi connectivity index (χ4n) is 12.2. The number of benzene rings is 1. The van der Waals surface area contributed by atoms with Crippen LogP contribution in [0.25, 0.3) is 0 Å². The summed E-state index contributed by atoms with van der Waals surface area (Å²) in [5.74, 6) is 0.710. The number of carbonyl (C=O) groups is 1. The molecule has 1 aromatic rings. The van der Waals surface area contributed by atoms with E-state index in [0.717, 1.165) is 22.3 Å². The van der Waals surface area contributed by atoms with Gasteiger partial charge in [-0.2, -0.15) is 0 Å². The van der Waals surface area contributed by atoms with Gasteiger partial charge < -0.3 is 5.11 Å². The van der Waals surface area contributed by atoms with E-state index < -0.39 is 40.4 Å². The molecule has 0 radical (unpaired) electrons. The maximum Gasteiger partial charge on any atom is 0.186 e. The molecule has 1 N–H and O–H groups in total. The average Bonchev–Trinajstić information content (AvgIpc) is 3.21. The second-order valence-corrected chi connectivity index (χ2v) is 53.7. The Hall–Kier alpha value is -1.01. The van der Waals surface area contributed by atoms with Gasteiger partial charge in [0.2, 0.25) is 0 Å². The molecule has 3 rings (SSSR count). The number of ketones is 1. The van der Waals surface area contributed by atoms with Crippen molar-refractivity contribution in [2.24, 2.45) is 10.8 Å². The van der Waals surface area contributed by atoms with E-state index in [1.54, 1.807) is 5.19 Å². The van der Waals surface area contributed by atoms with Crippen LogP contribution < -0.4 is 5.19 Å². The summed E-state index contributed by atoms with van der Waals surface area (Å²) in [5, 5.41) is 13.9. The van der Waals surface area contributed by atoms with Crippen LogP contribution >= 0.6 is 0 Å². The van der Waals surface area contributed by atoms with Crippen LogP contribution in [0.1, 0.15) is 107 Å². The summed E-state index contributed by atoms with van der Waals surface area (Å²) in [7, 11) is -10.7. The topological polar surface area (TPSA) is 37.3 Å². The van der Waals surface area contributed by atoms with E-state index in [1.807, 2.05) is 0 Å². The minimum absolute atomic E-state index is 0.220. The third-order valence-corrected chi connectivity index (χ3v) is 52.8. The molecule has 2 nitrogen and oxygen atoms in total. The molecule has 1 saturated heterocycles. The second-order valence-electron chi connectivity index (χ2n) is 25.1. The normalized spacial score (nSPS) is 20.5. The summed E-state index contributed by atoms with van der Waals surface area (Å²) in [6, 6.07) is 5.14. The van der Waals surface area contributed by atoms with Gasteiger partial charge in [0.25, 0.3) is 0 Å². The molecular formula is C45H82O2Si5. The molecule has 1 aliphatic carbocycles. The Morgan fingerprint density at radius 3 is 1.08 bits per heavy atom. The van der Waals surface area contributed by atoms with E-state index in [2.05, 4.69) is 192 Å². The second kappa shape index (κ2) is 13.0. The lowest BCUT2D eigenvalue weighted by Gasteiger charge is -2.67. The van der Waals surface area contributed by atoms with E-state index in [9.17, 15) is 9.90 Å². The number of hydrogen-bond donors (Lipinski definition) is 1. The number of hydrogen-bond acceptors (Lipinski definition) is 2. The van der Waals surface area contributed by atoms with E-state index in [0.29, 0.717) is 5.75 Å². The van der Waals surface area contributed by atoms with Crippen LogP contribution in [0.5, 0.6) is 5.75 Å². The average molecular weight is 796 g/mol. The summed E-state index contributed by atoms with van der Waals surface area (Å²) in [6.45, 7) is 59.8. The first kappa shape index (κ1) is 45.4. The fraction of sp³-hybridized carbons (Fsp3) is 0.711. The van der Waals surface area contributed by atoms with Gasteiger partial charge in [-0.25, -0.2) is 0 Å². The molecule has 0 bridgehead atoms. The molecule has 1 fully saturated rings. The van der Waals surface area contributed by atoms with Crippen LogP contribution in [0.4, 0.5) is 0 Å². The van der Waals surface area contributed by atoms with Crippen molar-refractivity contribution in [1.82, 2.24) is 0 Å². The maximum absolute atomic E-state index is 14.4. The van der Waals surface area contributed by atoms with Crippen LogP contribution in [0, 0.1) is 10.8 Å². The Labute approximate surface area is 327 Å². The van der Waals surface area contributed by atoms with Crippen molar-refractivity contribution < 1.29 is 9.90 Å². The van der Waals surface area contributed by atoms with Gasteiger partial charge in [0.1, 0.15) is 13.8 Å². The molecule has 0 spiro atoms. The molecule has 0 atom stereocenters. The molecule has 52 heavy (non-hydrogen) atoms. The number of carbonyl (C=O) groups excluding carboxylic acids is 1. The van der Waals surface area contributed by atoms with E-state index >= 15 is 0 Å². The molecule has 0 amide bonds. The molecule has 1 aliphatic heterocycles. The number of phenols is 1. The van der Waals surface area contributed by atoms with Crippen molar-refractivity contribution in [3.8, 4) is 5.75 Å². The zero-order valence-corrected chi connectivity index (χ0v) is 43.7. The van der Waals surface area contributed by atoms with Crippen molar-refractivity contribution in [1.29, 1.82) is 0 Å². The van der Waals surface area contributed by atoms with Crippen LogP contribution in [0.2, 0.25) is 87.1 Å². The van der Waals surface area contributed by atoms with Crippen LogP contribution in [0.15, 0.2) is 46.7 Å². The third-order valence-electron chi connectivity index (χ3n) is 13.6. The first-order valence-electron chi connectivity index (χ1n) is 20.3. The Balaban J connectivity index is 3.05. The highest BCUT2D eigenvalue weighted by Gasteiger charge is 2.80. The largest absolute Gasteiger partial charge is 0.507 e. The Morgan fingerprint density at radius 2 is 0.846 bits per heavy atom. The smallest absolute Gasteiger partial charge is 0.186 e. The number of Topliss-reactive ketones (excluding diaryl/α,β-unsaturated/α-hetero) is 1. The Kier molecular flexibility index (Phi) is 11.4. The van der Waals surface area contributed by atoms with Crippen molar-refractivity contribution in [3.63, 3.8) is 0 Å². The van der Waals surface area contributed by atoms with E-state index in [4.69, 9.17) is 0 Å². The SMILES string of the molecule is CC(C)(C)C1=CC(=C[Si]2(c3cc(C(C)(C)C)c(O)c(C(C)(C)C)c3)C([Si](C)(C)C)([Si](C)(C)C)CCC2([Si](C)(C)C)[Si](C)(C)C)C=C(C(C)(C)C)C1=O. The quantitative estimate of drug-likeness (QED) is 0.291. The van der Waals surface area contributed by atoms with Crippen molar-refractivity contribution in [2.75, 3.05) is 0 Å². The van der Waals surface area contributed by atoms with Crippen LogP contribution in [0.3, 0.4) is 0 Å². The fourth-order valence-corrected chi connectivity index (χ4v) is 64.1. The summed E-state index contributed by atoms with van der Waals surface area (Å²) in [6.07, 6.45) is 7.31. The third kappa shape index (κ3) is 7.00. The van der Waals surface area contributed by atoms with Crippen molar-refractivity contribution in [2.45, 2.75) is 194 Å². The zero-order valence-electron chi connectivity index (χ0n) is 38.7. The van der Waals surface area contributed by atoms with Gasteiger partial charge in [0.15, 0.2) is 5.78 Å². The highest BCUT2D eigenvalue weighted by atomic mass is 28.5. The lowest BCUT2D eigenvalue weighted by atomic mass is 9.72. The molecule has 0 unspecified atom stereocenters. The minimum Gasteiger partial charge on any atom is -0.507 e. The molecule has 7 heteroatoms. The molecule has 2 aliphatic rings. The zero-order chi connectivity index (χ0) is 41.1. The van der Waals surface area contributed by atoms with E-state index in [1.165, 1.54) is 18.4 Å². The maximum atomic E-state index is 14.4. The van der Waals surface area contributed by atoms with Crippen LogP contribution in [-0.2, 0) is 15.6 Å². The summed E-state index contributed by atoms with van der Waals surface area (Å²) < 4.78 is 0.462. The van der Waals surface area contributed by atoms with E-state index in [-0.39, 0.29) is 36.0 Å². The van der Waals surface area contributed by atoms with Gasteiger partial charge in [-0.1, -0.05) is 198 Å². The number of allylic oxidation sites excluding steroid dienone is 5. The predicted octanol–water partition coefficient (Wildman–Crippen LogP) is 13.4. The number of aromatic hydroxyl groups is 1. The monoisotopic (exact) mass is 795 g/mol. The number of phenolic OH excluding ortho intramolecular Hbond substituents is 1. The first-order valence-corrected chi connectivity index (χ1v) is 36.3. The lowest BCUT2D eigenvalue weighted by molar-refractivity contribution is -0.114. The van der Waals surface area contributed by atoms with Gasteiger partial charge >= 0.3 is 0 Å². The summed E-state index contributed by atoms with van der Waals surface area (Å²) >= 11 is 0. The molecule has 1 heterocycles. The van der Waals surface area contributed by atoms with Gasteiger partial charge in [0, 0.05) is 43.4 Å². The molecule has 0 saturated carbocycles. The Morgan fingerprint density at radius 1 is 0.558 bits per heavy atom. The van der Waals surface area contributed by atoms with Gasteiger partial charge in [-0.3, -0.25) is 4.79 Å². The summed E-state index contributed by atoms with van der Waals surface area (Å²) in [5.41, 5.74) is 7.36. The van der Waals surface area contributed by atoms with Gasteiger partial charge in [0.05, 0.1) is 0 Å². The van der Waals surface area contributed by atoms with Gasteiger partial charge in [-0.05, 0) is 59.1 Å². The molecule has 1 aromatic carbocycles. The highest BCUT2D eigenvalue weighted by Crippen LogP contribution is 2.76. The highest BCUT2D eigenvalue weighted by molar-refractivity contribution is 7.32. The molecule has 0 aromatic heterocycles. The lowest BCUT2D eigenvalue weighted by Crippen LogP contribution is -2.80. The van der Waals surface area contributed by atoms with Crippen molar-refractivity contribution >= 4 is 51.3 Å². The van der Waals surface area contributed by atoms with Gasteiger partial charge in [-0.15, -0.1) is 0 Å². The number of rotatable bonds is 6. The van der Waals surface area contributed by atoms with Crippen molar-refractivity contribution in [3.05, 3.63) is 57.8 Å². The standard InChI is InChI=1S/C45H82O2Si5/c1-40(2,3)34-27-32(28-35(38(34)46)41(4,5)6)31-52(33-29-36(42(7,8)9)39(47)37(30-33)43(10,11)12)44(48(13,14)15,49(16,17)18)25-26-45(52,50(19,20)21)51(22,23)24/h27-31,47H,25-26H2,1-24H3. The minimum atomic E-state index is -2.87. The first-order chi connectivity index (χ1) is 22.7. The predicted molar refractivity (Wildman–Crippen MR) is 247 cm³/mol. The Bertz CT molecular complexity index is 1530.